The van der Waals surface area contributed by atoms with Crippen molar-refractivity contribution >= 4 is 5.91 Å². The van der Waals surface area contributed by atoms with Crippen molar-refractivity contribution in [3.05, 3.63) is 71.0 Å². The molecule has 1 spiro atoms. The van der Waals surface area contributed by atoms with Gasteiger partial charge in [0, 0.05) is 39.3 Å². The molecule has 0 saturated carbocycles. The van der Waals surface area contributed by atoms with Crippen LogP contribution in [0.3, 0.4) is 0 Å². The summed E-state index contributed by atoms with van der Waals surface area (Å²) < 4.78 is 19.9. The Hall–Kier alpha value is -2.28. The number of rotatable bonds is 5. The van der Waals surface area contributed by atoms with E-state index >= 15 is 0 Å². The van der Waals surface area contributed by atoms with Crippen LogP contribution in [0.1, 0.15) is 29.5 Å². The van der Waals surface area contributed by atoms with Crippen molar-refractivity contribution in [2.45, 2.75) is 44.6 Å². The number of halogens is 1. The molecule has 0 bridgehead atoms. The zero-order chi connectivity index (χ0) is 21.8. The van der Waals surface area contributed by atoms with Gasteiger partial charge < -0.3 is 15.0 Å². The number of hydrogen-bond donors (Lipinski definition) is 1. The minimum absolute atomic E-state index is 0.0475. The Morgan fingerprint density at radius 3 is 2.61 bits per heavy atom. The van der Waals surface area contributed by atoms with E-state index in [1.165, 1.54) is 11.6 Å². The third-order valence-electron chi connectivity index (χ3n) is 6.37. The van der Waals surface area contributed by atoms with Crippen LogP contribution in [0.25, 0.3) is 0 Å². The van der Waals surface area contributed by atoms with Gasteiger partial charge in [-0.3, -0.25) is 9.69 Å². The summed E-state index contributed by atoms with van der Waals surface area (Å²) in [5.41, 5.74) is 2.99. The van der Waals surface area contributed by atoms with Crippen molar-refractivity contribution < 1.29 is 13.9 Å². The number of nitrogens with zero attached hydrogens (tertiary/aromatic N) is 2. The normalized spacial score (nSPS) is 21.8. The van der Waals surface area contributed by atoms with Gasteiger partial charge >= 0.3 is 0 Å². The third kappa shape index (κ3) is 5.70. The molecule has 1 N–H and O–H groups in total. The van der Waals surface area contributed by atoms with E-state index in [4.69, 9.17) is 4.74 Å². The molecule has 2 aromatic rings. The highest BCUT2D eigenvalue weighted by Gasteiger charge is 2.43. The van der Waals surface area contributed by atoms with Crippen LogP contribution in [0.15, 0.2) is 48.5 Å². The number of piperidine rings is 1. The van der Waals surface area contributed by atoms with E-state index in [0.29, 0.717) is 13.1 Å². The molecule has 2 aromatic carbocycles. The summed E-state index contributed by atoms with van der Waals surface area (Å²) in [7, 11) is 2.06. The van der Waals surface area contributed by atoms with Gasteiger partial charge in [-0.2, -0.15) is 0 Å². The minimum atomic E-state index is -0.459. The molecule has 1 amide bonds. The molecule has 1 unspecified atom stereocenters. The predicted molar refractivity (Wildman–Crippen MR) is 119 cm³/mol. The zero-order valence-electron chi connectivity index (χ0n) is 18.4. The highest BCUT2D eigenvalue weighted by atomic mass is 19.1. The average molecular weight is 426 g/mol. The molecule has 1 atom stereocenters. The Bertz CT molecular complexity index is 894. The number of carbonyl (C=O) groups is 1. The van der Waals surface area contributed by atoms with Crippen molar-refractivity contribution in [3.8, 4) is 0 Å². The highest BCUT2D eigenvalue weighted by Crippen LogP contribution is 2.32. The number of benzene rings is 2. The zero-order valence-corrected chi connectivity index (χ0v) is 18.4. The number of hydrogen-bond acceptors (Lipinski definition) is 4. The summed E-state index contributed by atoms with van der Waals surface area (Å²) in [6.45, 7) is 6.50. The largest absolute Gasteiger partial charge is 0.359 e. The summed E-state index contributed by atoms with van der Waals surface area (Å²) >= 11 is 0. The SMILES string of the molecule is Cc1ccc(CNC(=O)C2CN(C)CC3(CCN(Cc4cccc(F)c4)CC3)O2)cc1. The number of morpholine rings is 1. The van der Waals surface area contributed by atoms with Gasteiger partial charge in [0.15, 0.2) is 0 Å². The molecule has 0 aromatic heterocycles. The minimum Gasteiger partial charge on any atom is -0.359 e. The molecule has 6 heteroatoms. The fourth-order valence-corrected chi connectivity index (χ4v) is 4.65. The number of likely N-dealkylation sites (tertiary alicyclic amines) is 1. The Morgan fingerprint density at radius 1 is 1.16 bits per heavy atom. The topological polar surface area (TPSA) is 44.8 Å². The van der Waals surface area contributed by atoms with Gasteiger partial charge in [0.1, 0.15) is 11.9 Å². The summed E-state index contributed by atoms with van der Waals surface area (Å²) in [6.07, 6.45) is 1.28. The van der Waals surface area contributed by atoms with Crippen LogP contribution in [-0.2, 0) is 22.6 Å². The molecule has 0 aliphatic carbocycles. The lowest BCUT2D eigenvalue weighted by Gasteiger charge is -2.48. The van der Waals surface area contributed by atoms with Crippen LogP contribution >= 0.6 is 0 Å². The predicted octanol–water partition coefficient (Wildman–Crippen LogP) is 3.12. The maximum atomic E-state index is 13.5. The fraction of sp³-hybridized carbons (Fsp3) is 0.480. The molecular formula is C25H32FN3O2. The van der Waals surface area contributed by atoms with Crippen LogP contribution in [0.4, 0.5) is 4.39 Å². The molecule has 2 aliphatic heterocycles. The standard InChI is InChI=1S/C25H32FN3O2/c1-19-6-8-20(9-7-19)15-27-24(30)23-17-28(2)18-25(31-23)10-12-29(13-11-25)16-21-4-3-5-22(26)14-21/h3-9,14,23H,10-13,15-18H2,1-2H3,(H,27,30). The van der Waals surface area contributed by atoms with E-state index in [9.17, 15) is 9.18 Å². The molecular weight excluding hydrogens is 393 g/mol. The number of carbonyl (C=O) groups excluding carboxylic acids is 1. The van der Waals surface area contributed by atoms with Crippen LogP contribution in [0.5, 0.6) is 0 Å². The fourth-order valence-electron chi connectivity index (χ4n) is 4.65. The van der Waals surface area contributed by atoms with Crippen molar-refractivity contribution in [1.82, 2.24) is 15.1 Å². The smallest absolute Gasteiger partial charge is 0.250 e. The van der Waals surface area contributed by atoms with E-state index in [1.807, 2.05) is 18.2 Å². The molecule has 4 rings (SSSR count). The number of amides is 1. The van der Waals surface area contributed by atoms with E-state index in [-0.39, 0.29) is 17.3 Å². The Kier molecular flexibility index (Phi) is 6.70. The van der Waals surface area contributed by atoms with Gasteiger partial charge in [-0.1, -0.05) is 42.0 Å². The van der Waals surface area contributed by atoms with Crippen LogP contribution < -0.4 is 5.32 Å². The Labute approximate surface area is 184 Å². The van der Waals surface area contributed by atoms with Crippen molar-refractivity contribution in [2.75, 3.05) is 33.2 Å². The summed E-state index contributed by atoms with van der Waals surface area (Å²) in [5, 5.41) is 3.04. The summed E-state index contributed by atoms with van der Waals surface area (Å²) in [4.78, 5) is 17.4. The highest BCUT2D eigenvalue weighted by molar-refractivity contribution is 5.81. The molecule has 2 aliphatic rings. The second-order valence-corrected chi connectivity index (χ2v) is 9.10. The maximum absolute atomic E-state index is 13.5. The van der Waals surface area contributed by atoms with E-state index in [2.05, 4.69) is 41.2 Å². The lowest BCUT2D eigenvalue weighted by molar-refractivity contribution is -0.182. The molecule has 2 heterocycles. The van der Waals surface area contributed by atoms with Crippen LogP contribution in [0, 0.1) is 12.7 Å². The van der Waals surface area contributed by atoms with E-state index < -0.39 is 6.10 Å². The first kappa shape index (κ1) is 21.9. The number of aryl methyl sites for hydroxylation is 1. The number of ether oxygens (including phenoxy) is 1. The molecule has 2 fully saturated rings. The van der Waals surface area contributed by atoms with Gasteiger partial charge in [-0.15, -0.1) is 0 Å². The van der Waals surface area contributed by atoms with Crippen molar-refractivity contribution in [1.29, 1.82) is 0 Å². The summed E-state index contributed by atoms with van der Waals surface area (Å²) in [5.74, 6) is -0.239. The summed E-state index contributed by atoms with van der Waals surface area (Å²) in [6, 6.07) is 15.0. The average Bonchev–Trinajstić information content (AvgIpc) is 2.74. The second-order valence-electron chi connectivity index (χ2n) is 9.10. The van der Waals surface area contributed by atoms with E-state index in [1.54, 1.807) is 12.1 Å². The first-order valence-corrected chi connectivity index (χ1v) is 11.1. The van der Waals surface area contributed by atoms with Gasteiger partial charge in [0.25, 0.3) is 5.91 Å². The Balaban J connectivity index is 1.31. The van der Waals surface area contributed by atoms with Crippen LogP contribution in [0.2, 0.25) is 0 Å². The first-order chi connectivity index (χ1) is 14.9. The maximum Gasteiger partial charge on any atom is 0.250 e. The molecule has 0 radical (unpaired) electrons. The Morgan fingerprint density at radius 2 is 1.90 bits per heavy atom. The van der Waals surface area contributed by atoms with Crippen molar-refractivity contribution in [3.63, 3.8) is 0 Å². The van der Waals surface area contributed by atoms with Crippen LogP contribution in [-0.4, -0.2) is 60.6 Å². The van der Waals surface area contributed by atoms with E-state index in [0.717, 1.165) is 50.1 Å². The number of nitrogens with one attached hydrogen (secondary N) is 1. The monoisotopic (exact) mass is 425 g/mol. The van der Waals surface area contributed by atoms with Gasteiger partial charge in [-0.25, -0.2) is 4.39 Å². The quantitative estimate of drug-likeness (QED) is 0.800. The lowest BCUT2D eigenvalue weighted by Crippen LogP contribution is -2.61. The third-order valence-corrected chi connectivity index (χ3v) is 6.37. The second kappa shape index (κ2) is 9.47. The molecule has 31 heavy (non-hydrogen) atoms. The molecule has 5 nitrogen and oxygen atoms in total. The molecule has 166 valence electrons. The molecule has 2 saturated heterocycles. The number of likely N-dealkylation sites (N-methyl/N-ethyl adjacent to an activating group) is 1. The first-order valence-electron chi connectivity index (χ1n) is 11.1. The van der Waals surface area contributed by atoms with Gasteiger partial charge in [-0.05, 0) is 50.1 Å². The van der Waals surface area contributed by atoms with Crippen molar-refractivity contribution in [2.24, 2.45) is 0 Å². The lowest BCUT2D eigenvalue weighted by atomic mass is 9.88. The van der Waals surface area contributed by atoms with Gasteiger partial charge in [0.05, 0.1) is 5.60 Å². The van der Waals surface area contributed by atoms with Gasteiger partial charge in [0.2, 0.25) is 0 Å².